The number of nitro groups is 2. The number of hydrogen-bond acceptors (Lipinski definition) is 9. The van der Waals surface area contributed by atoms with Gasteiger partial charge in [-0.05, 0) is 42.0 Å². The van der Waals surface area contributed by atoms with Gasteiger partial charge in [-0.25, -0.2) is 4.98 Å². The van der Waals surface area contributed by atoms with E-state index >= 15 is 0 Å². The van der Waals surface area contributed by atoms with Crippen LogP contribution in [0.1, 0.15) is 11.4 Å². The summed E-state index contributed by atoms with van der Waals surface area (Å²) in [5.41, 5.74) is 1.20. The van der Waals surface area contributed by atoms with E-state index in [0.717, 1.165) is 18.2 Å². The minimum atomic E-state index is -0.770. The molecule has 180 valence electrons. The molecule has 0 atom stereocenters. The predicted molar refractivity (Wildman–Crippen MR) is 129 cm³/mol. The quantitative estimate of drug-likeness (QED) is 0.198. The Bertz CT molecular complexity index is 1570. The van der Waals surface area contributed by atoms with Gasteiger partial charge in [0.1, 0.15) is 17.6 Å². The number of nitrogens with one attached hydrogen (secondary N) is 1. The van der Waals surface area contributed by atoms with Crippen LogP contribution in [0.4, 0.5) is 11.4 Å². The van der Waals surface area contributed by atoms with Crippen LogP contribution in [0.25, 0.3) is 22.7 Å². The molecule has 4 rings (SSSR count). The lowest BCUT2D eigenvalue weighted by Gasteiger charge is -2.11. The van der Waals surface area contributed by atoms with Gasteiger partial charge in [0.2, 0.25) is 5.75 Å². The van der Waals surface area contributed by atoms with Gasteiger partial charge in [0, 0.05) is 12.1 Å². The van der Waals surface area contributed by atoms with E-state index in [9.17, 15) is 25.5 Å². The fraction of sp³-hybridized carbons (Fsp3) is 0.0833. The van der Waals surface area contributed by atoms with Crippen molar-refractivity contribution < 1.29 is 24.1 Å². The molecular weight excluding hydrogens is 470 g/mol. The van der Waals surface area contributed by atoms with Crippen LogP contribution in [0.3, 0.4) is 0 Å². The topological polar surface area (TPSA) is 166 Å². The first kappa shape index (κ1) is 23.7. The fourth-order valence-corrected chi connectivity index (χ4v) is 3.39. The monoisotopic (exact) mass is 487 g/mol. The van der Waals surface area contributed by atoms with Gasteiger partial charge in [-0.2, -0.15) is 5.26 Å². The number of imidazole rings is 1. The van der Waals surface area contributed by atoms with Crippen LogP contribution in [0.2, 0.25) is 0 Å². The Morgan fingerprint density at radius 3 is 2.42 bits per heavy atom. The maximum Gasteiger partial charge on any atom is 0.318 e. The van der Waals surface area contributed by atoms with Crippen molar-refractivity contribution in [1.29, 1.82) is 5.26 Å². The highest BCUT2D eigenvalue weighted by Crippen LogP contribution is 2.38. The van der Waals surface area contributed by atoms with Gasteiger partial charge in [-0.3, -0.25) is 20.2 Å². The smallest absolute Gasteiger partial charge is 0.318 e. The van der Waals surface area contributed by atoms with Crippen molar-refractivity contribution >= 4 is 34.1 Å². The summed E-state index contributed by atoms with van der Waals surface area (Å²) >= 11 is 0. The highest BCUT2D eigenvalue weighted by atomic mass is 16.6. The minimum Gasteiger partial charge on any atom is -0.497 e. The Hall–Kier alpha value is -5.44. The van der Waals surface area contributed by atoms with E-state index in [0.29, 0.717) is 28.2 Å². The molecule has 0 amide bonds. The molecule has 0 fully saturated rings. The number of rotatable bonds is 8. The number of ether oxygens (including phenoxy) is 3. The van der Waals surface area contributed by atoms with Crippen LogP contribution in [0, 0.1) is 31.6 Å². The summed E-state index contributed by atoms with van der Waals surface area (Å²) in [4.78, 5) is 28.4. The molecule has 0 bridgehead atoms. The normalized spacial score (nSPS) is 11.1. The summed E-state index contributed by atoms with van der Waals surface area (Å²) in [5, 5.41) is 32.1. The zero-order chi connectivity index (χ0) is 25.8. The molecule has 0 aliphatic carbocycles. The standard InChI is InChI=1S/C24H17N5O7/c1-34-17-5-6-18-19(12-17)27-24(26-18)15(13-25)9-14-3-7-22(23(10-14)35-2)36-21-8-4-16(28(30)31)11-20(21)29(32)33/h3-12H,1-2H3,(H,26,27)/b15-9-. The summed E-state index contributed by atoms with van der Waals surface area (Å²) in [6, 6.07) is 15.2. The zero-order valence-electron chi connectivity index (χ0n) is 18.9. The Kier molecular flexibility index (Phi) is 6.47. The van der Waals surface area contributed by atoms with Gasteiger partial charge < -0.3 is 19.2 Å². The summed E-state index contributed by atoms with van der Waals surface area (Å²) in [6.45, 7) is 0. The second-order valence-electron chi connectivity index (χ2n) is 7.32. The number of hydrogen-bond donors (Lipinski definition) is 1. The van der Waals surface area contributed by atoms with Crippen molar-refractivity contribution in [3.05, 3.63) is 86.2 Å². The second-order valence-corrected chi connectivity index (χ2v) is 7.32. The number of nitriles is 1. The molecule has 0 aliphatic rings. The van der Waals surface area contributed by atoms with Crippen molar-refractivity contribution in [3.8, 4) is 29.1 Å². The minimum absolute atomic E-state index is 0.140. The van der Waals surface area contributed by atoms with Gasteiger partial charge in [0.25, 0.3) is 5.69 Å². The molecule has 3 aromatic carbocycles. The van der Waals surface area contributed by atoms with Crippen molar-refractivity contribution in [3.63, 3.8) is 0 Å². The molecule has 0 saturated heterocycles. The number of non-ortho nitro benzene ring substituents is 1. The molecule has 0 spiro atoms. The number of aromatic nitrogens is 2. The SMILES string of the molecule is COc1ccc2nc(/C(C#N)=C\c3ccc(Oc4ccc([N+](=O)[O-])cc4[N+](=O)[O-])c(OC)c3)[nH]c2c1. The molecule has 0 saturated carbocycles. The molecule has 0 radical (unpaired) electrons. The van der Waals surface area contributed by atoms with Gasteiger partial charge in [0.05, 0.1) is 46.7 Å². The summed E-state index contributed by atoms with van der Waals surface area (Å²) in [6.07, 6.45) is 1.59. The number of benzene rings is 3. The average molecular weight is 487 g/mol. The molecule has 0 unspecified atom stereocenters. The van der Waals surface area contributed by atoms with Gasteiger partial charge in [0.15, 0.2) is 11.5 Å². The Labute approximate surface area is 203 Å². The van der Waals surface area contributed by atoms with E-state index in [1.165, 1.54) is 13.2 Å². The average Bonchev–Trinajstić information content (AvgIpc) is 3.30. The molecule has 1 heterocycles. The van der Waals surface area contributed by atoms with Crippen LogP contribution in [0.15, 0.2) is 54.6 Å². The van der Waals surface area contributed by atoms with Gasteiger partial charge in [-0.1, -0.05) is 6.07 Å². The molecule has 12 nitrogen and oxygen atoms in total. The highest BCUT2D eigenvalue weighted by Gasteiger charge is 2.22. The number of H-pyrrole nitrogens is 1. The molecular formula is C24H17N5O7. The largest absolute Gasteiger partial charge is 0.497 e. The number of allylic oxidation sites excluding steroid dienone is 1. The van der Waals surface area contributed by atoms with E-state index in [1.54, 1.807) is 43.5 Å². The molecule has 1 aromatic heterocycles. The lowest BCUT2D eigenvalue weighted by Crippen LogP contribution is -1.97. The fourth-order valence-electron chi connectivity index (χ4n) is 3.39. The van der Waals surface area contributed by atoms with Crippen LogP contribution in [-0.2, 0) is 0 Å². The lowest BCUT2D eigenvalue weighted by atomic mass is 10.1. The molecule has 12 heteroatoms. The third-order valence-corrected chi connectivity index (χ3v) is 5.13. The molecule has 1 N–H and O–H groups in total. The summed E-state index contributed by atoms with van der Waals surface area (Å²) in [5.74, 6) is 1.18. The van der Waals surface area contributed by atoms with Gasteiger partial charge >= 0.3 is 5.69 Å². The van der Waals surface area contributed by atoms with Crippen molar-refractivity contribution in [2.45, 2.75) is 0 Å². The maximum atomic E-state index is 11.4. The van der Waals surface area contributed by atoms with E-state index in [-0.39, 0.29) is 22.8 Å². The first-order valence-electron chi connectivity index (χ1n) is 10.3. The Balaban J connectivity index is 1.67. The van der Waals surface area contributed by atoms with E-state index < -0.39 is 21.2 Å². The number of nitro benzene ring substituents is 2. The van der Waals surface area contributed by atoms with Crippen LogP contribution < -0.4 is 14.2 Å². The predicted octanol–water partition coefficient (Wildman–Crippen LogP) is 5.25. The third kappa shape index (κ3) is 4.75. The van der Waals surface area contributed by atoms with E-state index in [1.807, 2.05) is 0 Å². The van der Waals surface area contributed by atoms with E-state index in [2.05, 4.69) is 16.0 Å². The second kappa shape index (κ2) is 9.82. The maximum absolute atomic E-state index is 11.4. The number of nitrogens with zero attached hydrogens (tertiary/aromatic N) is 4. The number of fused-ring (bicyclic) bond motifs is 1. The molecule has 4 aromatic rings. The summed E-state index contributed by atoms with van der Waals surface area (Å²) in [7, 11) is 2.94. The zero-order valence-corrected chi connectivity index (χ0v) is 18.9. The van der Waals surface area contributed by atoms with Crippen molar-refractivity contribution in [2.75, 3.05) is 14.2 Å². The molecule has 36 heavy (non-hydrogen) atoms. The van der Waals surface area contributed by atoms with Crippen LogP contribution in [0.5, 0.6) is 23.0 Å². The van der Waals surface area contributed by atoms with Gasteiger partial charge in [-0.15, -0.1) is 0 Å². The lowest BCUT2D eigenvalue weighted by molar-refractivity contribution is -0.394. The summed E-state index contributed by atoms with van der Waals surface area (Å²) < 4.78 is 16.2. The molecule has 0 aliphatic heterocycles. The number of methoxy groups -OCH3 is 2. The van der Waals surface area contributed by atoms with Crippen LogP contribution in [-0.4, -0.2) is 34.0 Å². The van der Waals surface area contributed by atoms with Crippen molar-refractivity contribution in [1.82, 2.24) is 9.97 Å². The third-order valence-electron chi connectivity index (χ3n) is 5.13. The Morgan fingerprint density at radius 2 is 1.75 bits per heavy atom. The van der Waals surface area contributed by atoms with E-state index in [4.69, 9.17) is 14.2 Å². The number of aromatic amines is 1. The first-order chi connectivity index (χ1) is 17.3. The van der Waals surface area contributed by atoms with Crippen molar-refractivity contribution in [2.24, 2.45) is 0 Å². The van der Waals surface area contributed by atoms with Crippen LogP contribution >= 0.6 is 0 Å². The highest BCUT2D eigenvalue weighted by molar-refractivity contribution is 5.90. The first-order valence-corrected chi connectivity index (χ1v) is 10.3. The Morgan fingerprint density at radius 1 is 0.972 bits per heavy atom.